The summed E-state index contributed by atoms with van der Waals surface area (Å²) in [5, 5.41) is 2.98. The van der Waals surface area contributed by atoms with Crippen LogP contribution in [0.15, 0.2) is 78.9 Å². The zero-order valence-electron chi connectivity index (χ0n) is 18.6. The second kappa shape index (κ2) is 11.0. The van der Waals surface area contributed by atoms with Crippen molar-refractivity contribution in [2.75, 3.05) is 14.2 Å². The molecule has 1 atom stereocenters. The molecule has 0 aliphatic heterocycles. The Morgan fingerprint density at radius 2 is 1.53 bits per heavy atom. The third-order valence-corrected chi connectivity index (χ3v) is 5.24. The fourth-order valence-electron chi connectivity index (χ4n) is 3.55. The molecule has 0 aliphatic rings. The van der Waals surface area contributed by atoms with Gasteiger partial charge in [-0.25, -0.2) is 0 Å². The highest BCUT2D eigenvalue weighted by molar-refractivity contribution is 5.88. The van der Waals surface area contributed by atoms with Crippen LogP contribution in [-0.4, -0.2) is 30.9 Å². The average molecular weight is 433 g/mol. The summed E-state index contributed by atoms with van der Waals surface area (Å²) in [6, 6.07) is 23.5. The molecule has 32 heavy (non-hydrogen) atoms. The van der Waals surface area contributed by atoms with Crippen molar-refractivity contribution in [3.8, 4) is 11.5 Å². The van der Waals surface area contributed by atoms with E-state index in [0.717, 1.165) is 22.4 Å². The lowest BCUT2D eigenvalue weighted by atomic mass is 10.0. The molecule has 3 aromatic rings. The maximum absolute atomic E-state index is 13.4. The predicted octanol–water partition coefficient (Wildman–Crippen LogP) is 4.11. The van der Waals surface area contributed by atoms with Crippen molar-refractivity contribution < 1.29 is 19.1 Å². The number of hydrogen-bond donors (Lipinski definition) is 1. The van der Waals surface area contributed by atoms with E-state index in [1.165, 1.54) is 6.92 Å². The molecule has 6 heteroatoms. The van der Waals surface area contributed by atoms with E-state index >= 15 is 0 Å². The number of methoxy groups -OCH3 is 2. The van der Waals surface area contributed by atoms with Gasteiger partial charge in [-0.2, -0.15) is 0 Å². The number of carbonyl (C=O) groups is 2. The molecule has 2 amide bonds. The van der Waals surface area contributed by atoms with Crippen molar-refractivity contribution in [2.24, 2.45) is 0 Å². The lowest BCUT2D eigenvalue weighted by Gasteiger charge is -2.30. The molecule has 0 saturated carbocycles. The normalized spacial score (nSPS) is 11.3. The molecule has 0 heterocycles. The first-order chi connectivity index (χ1) is 15.5. The molecule has 3 rings (SSSR count). The smallest absolute Gasteiger partial charge is 0.247 e. The van der Waals surface area contributed by atoms with Crippen molar-refractivity contribution in [3.63, 3.8) is 0 Å². The quantitative estimate of drug-likeness (QED) is 0.553. The lowest BCUT2D eigenvalue weighted by molar-refractivity contribution is -0.140. The number of benzene rings is 3. The third-order valence-electron chi connectivity index (χ3n) is 5.24. The van der Waals surface area contributed by atoms with E-state index in [9.17, 15) is 9.59 Å². The summed E-state index contributed by atoms with van der Waals surface area (Å²) in [4.78, 5) is 27.6. The molecule has 166 valence electrons. The van der Waals surface area contributed by atoms with Crippen molar-refractivity contribution in [1.29, 1.82) is 0 Å². The fraction of sp³-hybridized carbons (Fsp3) is 0.231. The standard InChI is InChI=1S/C26H28N2O4/c1-19(29)28(18-20-13-15-23(31-2)16-14-20)25(21-9-5-4-6-10-21)26(30)27-17-22-11-7-8-12-24(22)32-3/h4-16,25H,17-18H2,1-3H3,(H,27,30)/t25-/m1/s1. The minimum atomic E-state index is -0.773. The molecule has 0 fully saturated rings. The van der Waals surface area contributed by atoms with E-state index < -0.39 is 6.04 Å². The van der Waals surface area contributed by atoms with Gasteiger partial charge >= 0.3 is 0 Å². The molecule has 0 aliphatic carbocycles. The second-order valence-electron chi connectivity index (χ2n) is 7.34. The molecular weight excluding hydrogens is 404 g/mol. The molecule has 0 spiro atoms. The minimum Gasteiger partial charge on any atom is -0.497 e. The largest absolute Gasteiger partial charge is 0.497 e. The monoisotopic (exact) mass is 432 g/mol. The molecule has 1 N–H and O–H groups in total. The Kier molecular flexibility index (Phi) is 7.86. The summed E-state index contributed by atoms with van der Waals surface area (Å²) in [6.45, 7) is 2.06. The Morgan fingerprint density at radius 1 is 0.875 bits per heavy atom. The number of para-hydroxylation sites is 1. The Bertz CT molecular complexity index is 1040. The van der Waals surface area contributed by atoms with Gasteiger partial charge < -0.3 is 19.7 Å². The maximum atomic E-state index is 13.4. The van der Waals surface area contributed by atoms with E-state index in [2.05, 4.69) is 5.32 Å². The van der Waals surface area contributed by atoms with Crippen LogP contribution in [0.4, 0.5) is 0 Å². The molecule has 3 aromatic carbocycles. The average Bonchev–Trinajstić information content (AvgIpc) is 2.83. The number of nitrogens with one attached hydrogen (secondary N) is 1. The number of carbonyl (C=O) groups excluding carboxylic acids is 2. The van der Waals surface area contributed by atoms with Crippen molar-refractivity contribution in [1.82, 2.24) is 10.2 Å². The van der Waals surface area contributed by atoms with Crippen LogP contribution in [0.25, 0.3) is 0 Å². The number of ether oxygens (including phenoxy) is 2. The summed E-state index contributed by atoms with van der Waals surface area (Å²) in [6.07, 6.45) is 0. The predicted molar refractivity (Wildman–Crippen MR) is 123 cm³/mol. The number of hydrogen-bond acceptors (Lipinski definition) is 4. The first-order valence-electron chi connectivity index (χ1n) is 10.4. The topological polar surface area (TPSA) is 67.9 Å². The van der Waals surface area contributed by atoms with Crippen molar-refractivity contribution >= 4 is 11.8 Å². The van der Waals surface area contributed by atoms with Gasteiger partial charge in [-0.15, -0.1) is 0 Å². The van der Waals surface area contributed by atoms with Gasteiger partial charge in [-0.05, 0) is 29.3 Å². The Hall–Kier alpha value is -3.80. The van der Waals surface area contributed by atoms with Gasteiger partial charge in [0.15, 0.2) is 0 Å². The molecular formula is C26H28N2O4. The fourth-order valence-corrected chi connectivity index (χ4v) is 3.55. The molecule has 0 aromatic heterocycles. The molecule has 6 nitrogen and oxygen atoms in total. The first-order valence-corrected chi connectivity index (χ1v) is 10.4. The van der Waals surface area contributed by atoms with E-state index in [1.54, 1.807) is 19.1 Å². The molecule has 0 bridgehead atoms. The highest BCUT2D eigenvalue weighted by Gasteiger charge is 2.29. The van der Waals surface area contributed by atoms with Crippen LogP contribution >= 0.6 is 0 Å². The summed E-state index contributed by atoms with van der Waals surface area (Å²) < 4.78 is 10.6. The number of amides is 2. The zero-order chi connectivity index (χ0) is 22.9. The number of nitrogens with zero attached hydrogens (tertiary/aromatic N) is 1. The van der Waals surface area contributed by atoms with Crippen LogP contribution in [0.1, 0.15) is 29.7 Å². The minimum absolute atomic E-state index is 0.192. The zero-order valence-corrected chi connectivity index (χ0v) is 18.6. The van der Waals surface area contributed by atoms with Crippen LogP contribution in [0.5, 0.6) is 11.5 Å². The van der Waals surface area contributed by atoms with Gasteiger partial charge in [-0.3, -0.25) is 9.59 Å². The van der Waals surface area contributed by atoms with E-state index in [4.69, 9.17) is 9.47 Å². The first kappa shape index (κ1) is 22.9. The Balaban J connectivity index is 1.87. The van der Waals surface area contributed by atoms with Gasteiger partial charge in [0.05, 0.1) is 14.2 Å². The SMILES string of the molecule is COc1ccc(CN(C(C)=O)[C@@H](C(=O)NCc2ccccc2OC)c2ccccc2)cc1. The third kappa shape index (κ3) is 5.66. The molecule has 0 radical (unpaired) electrons. The summed E-state index contributed by atoms with van der Waals surface area (Å²) in [7, 11) is 3.20. The van der Waals surface area contributed by atoms with Gasteiger partial charge in [0, 0.05) is 25.6 Å². The van der Waals surface area contributed by atoms with Crippen LogP contribution in [0.2, 0.25) is 0 Å². The van der Waals surface area contributed by atoms with Crippen LogP contribution in [0.3, 0.4) is 0 Å². The maximum Gasteiger partial charge on any atom is 0.247 e. The Labute approximate surface area is 188 Å². The molecule has 0 unspecified atom stereocenters. The highest BCUT2D eigenvalue weighted by atomic mass is 16.5. The summed E-state index contributed by atoms with van der Waals surface area (Å²) in [5.74, 6) is 0.982. The van der Waals surface area contributed by atoms with E-state index in [-0.39, 0.29) is 11.8 Å². The second-order valence-corrected chi connectivity index (χ2v) is 7.34. The van der Waals surface area contributed by atoms with E-state index in [0.29, 0.717) is 18.8 Å². The van der Waals surface area contributed by atoms with Crippen LogP contribution in [0, 0.1) is 0 Å². The Morgan fingerprint density at radius 3 is 2.16 bits per heavy atom. The van der Waals surface area contributed by atoms with Gasteiger partial charge in [0.25, 0.3) is 0 Å². The number of rotatable bonds is 9. The van der Waals surface area contributed by atoms with Crippen molar-refractivity contribution in [3.05, 3.63) is 95.6 Å². The van der Waals surface area contributed by atoms with E-state index in [1.807, 2.05) is 78.9 Å². The van der Waals surface area contributed by atoms with Gasteiger partial charge in [-0.1, -0.05) is 60.7 Å². The van der Waals surface area contributed by atoms with Gasteiger partial charge in [0.2, 0.25) is 11.8 Å². The van der Waals surface area contributed by atoms with Crippen LogP contribution < -0.4 is 14.8 Å². The highest BCUT2D eigenvalue weighted by Crippen LogP contribution is 2.25. The summed E-state index contributed by atoms with van der Waals surface area (Å²) in [5.41, 5.74) is 2.51. The summed E-state index contributed by atoms with van der Waals surface area (Å²) >= 11 is 0. The lowest BCUT2D eigenvalue weighted by Crippen LogP contribution is -2.42. The van der Waals surface area contributed by atoms with Crippen LogP contribution in [-0.2, 0) is 22.7 Å². The molecule has 0 saturated heterocycles. The van der Waals surface area contributed by atoms with Gasteiger partial charge in [0.1, 0.15) is 17.5 Å². The van der Waals surface area contributed by atoms with Crippen molar-refractivity contribution in [2.45, 2.75) is 26.1 Å².